The van der Waals surface area contributed by atoms with Crippen molar-refractivity contribution in [1.29, 1.82) is 0 Å². The van der Waals surface area contributed by atoms with Gasteiger partial charge in [-0.3, -0.25) is 0 Å². The molecule has 2 rings (SSSR count). The van der Waals surface area contributed by atoms with Gasteiger partial charge in [0, 0.05) is 23.9 Å². The summed E-state index contributed by atoms with van der Waals surface area (Å²) in [6.07, 6.45) is 0. The monoisotopic (exact) mass is 215 g/mol. The number of thioether (sulfide) groups is 1. The van der Waals surface area contributed by atoms with E-state index < -0.39 is 5.76 Å². The Hall–Kier alpha value is -0.610. The van der Waals surface area contributed by atoms with Gasteiger partial charge in [0.2, 0.25) is 0 Å². The molecule has 1 saturated heterocycles. The molecule has 0 spiro atoms. The van der Waals surface area contributed by atoms with Gasteiger partial charge in [-0.2, -0.15) is 8.78 Å². The first-order valence-corrected chi connectivity index (χ1v) is 5.39. The second kappa shape index (κ2) is 4.28. The first-order chi connectivity index (χ1) is 6.75. The van der Waals surface area contributed by atoms with Crippen LogP contribution in [0.2, 0.25) is 0 Å². The van der Waals surface area contributed by atoms with Crippen molar-refractivity contribution in [2.45, 2.75) is 16.6 Å². The van der Waals surface area contributed by atoms with E-state index in [-0.39, 0.29) is 0 Å². The molecule has 76 valence electrons. The van der Waals surface area contributed by atoms with E-state index in [1.54, 1.807) is 12.1 Å². The number of benzene rings is 1. The molecule has 0 atom stereocenters. The van der Waals surface area contributed by atoms with Gasteiger partial charge >= 0.3 is 0 Å². The molecular weight excluding hydrogens is 204 g/mol. The van der Waals surface area contributed by atoms with Crippen molar-refractivity contribution in [2.24, 2.45) is 0 Å². The van der Waals surface area contributed by atoms with Crippen molar-refractivity contribution in [1.82, 2.24) is 5.32 Å². The topological polar surface area (TPSA) is 12.0 Å². The molecule has 0 aromatic heterocycles. The third-order valence-corrected chi connectivity index (χ3v) is 3.08. The number of hydrogen-bond donors (Lipinski definition) is 1. The van der Waals surface area contributed by atoms with E-state index in [1.807, 2.05) is 12.1 Å². The predicted molar refractivity (Wildman–Crippen MR) is 53.9 cm³/mol. The first kappa shape index (κ1) is 9.93. The molecule has 0 unspecified atom stereocenters. The summed E-state index contributed by atoms with van der Waals surface area (Å²) in [6.45, 7) is 2.00. The van der Waals surface area contributed by atoms with Gasteiger partial charge in [-0.25, -0.2) is 0 Å². The third kappa shape index (κ3) is 2.25. The van der Waals surface area contributed by atoms with Crippen molar-refractivity contribution in [3.8, 4) is 0 Å². The molecule has 0 bridgehead atoms. The van der Waals surface area contributed by atoms with Gasteiger partial charge in [0.05, 0.1) is 0 Å². The summed E-state index contributed by atoms with van der Waals surface area (Å²) in [5, 5.41) is 3.18. The lowest BCUT2D eigenvalue weighted by molar-refractivity contribution is 0.252. The van der Waals surface area contributed by atoms with Crippen molar-refractivity contribution in [3.63, 3.8) is 0 Å². The maximum atomic E-state index is 12.0. The van der Waals surface area contributed by atoms with Crippen LogP contribution in [0, 0.1) is 0 Å². The fraction of sp³-hybridized carbons (Fsp3) is 0.400. The molecule has 1 aliphatic rings. The Kier molecular flexibility index (Phi) is 3.03. The van der Waals surface area contributed by atoms with Gasteiger partial charge in [-0.05, 0) is 17.7 Å². The molecule has 1 nitrogen and oxygen atoms in total. The van der Waals surface area contributed by atoms with E-state index in [0.29, 0.717) is 22.6 Å². The normalized spacial score (nSPS) is 17.1. The smallest absolute Gasteiger partial charge is 0.288 e. The van der Waals surface area contributed by atoms with Gasteiger partial charge < -0.3 is 5.32 Å². The molecule has 0 aliphatic carbocycles. The molecule has 0 radical (unpaired) electrons. The summed E-state index contributed by atoms with van der Waals surface area (Å²) in [5.74, 6) is -1.76. The SMILES string of the molecule is FC(F)Sc1ccc(C2CNC2)cc1. The quantitative estimate of drug-likeness (QED) is 0.778. The largest absolute Gasteiger partial charge is 0.315 e. The van der Waals surface area contributed by atoms with Crippen LogP contribution < -0.4 is 5.32 Å². The zero-order chi connectivity index (χ0) is 9.97. The summed E-state index contributed by atoms with van der Waals surface area (Å²) in [6, 6.07) is 7.42. The van der Waals surface area contributed by atoms with Crippen LogP contribution >= 0.6 is 11.8 Å². The molecule has 0 amide bonds. The number of nitrogens with one attached hydrogen (secondary N) is 1. The minimum absolute atomic E-state index is 0.570. The molecular formula is C10H11F2NS. The van der Waals surface area contributed by atoms with E-state index in [4.69, 9.17) is 0 Å². The standard InChI is InChI=1S/C10H11F2NS/c11-10(12)14-9-3-1-7(2-4-9)8-5-13-6-8/h1-4,8,10,13H,5-6H2. The molecule has 4 heteroatoms. The summed E-state index contributed by atoms with van der Waals surface area (Å²) in [4.78, 5) is 0.635. The van der Waals surface area contributed by atoms with Gasteiger partial charge in [0.25, 0.3) is 5.76 Å². The molecule has 1 aromatic carbocycles. The first-order valence-electron chi connectivity index (χ1n) is 4.51. The zero-order valence-corrected chi connectivity index (χ0v) is 8.36. The summed E-state index contributed by atoms with van der Waals surface area (Å²) >= 11 is 0.596. The molecule has 1 N–H and O–H groups in total. The van der Waals surface area contributed by atoms with Crippen LogP contribution in [-0.4, -0.2) is 18.8 Å². The Morgan fingerprint density at radius 1 is 1.21 bits per heavy atom. The van der Waals surface area contributed by atoms with Gasteiger partial charge in [-0.15, -0.1) is 0 Å². The summed E-state index contributed by atoms with van der Waals surface area (Å²) in [7, 11) is 0. The van der Waals surface area contributed by atoms with Crippen LogP contribution in [0.5, 0.6) is 0 Å². The molecule has 1 aromatic rings. The Bertz CT molecular complexity index is 295. The van der Waals surface area contributed by atoms with Gasteiger partial charge in [0.1, 0.15) is 0 Å². The summed E-state index contributed by atoms with van der Waals surface area (Å²) in [5.41, 5.74) is 1.24. The molecule has 1 heterocycles. The molecule has 1 aliphatic heterocycles. The maximum Gasteiger partial charge on any atom is 0.288 e. The van der Waals surface area contributed by atoms with E-state index in [1.165, 1.54) is 5.56 Å². The lowest BCUT2D eigenvalue weighted by atomic mass is 9.94. The lowest BCUT2D eigenvalue weighted by Crippen LogP contribution is -2.39. The lowest BCUT2D eigenvalue weighted by Gasteiger charge is -2.27. The third-order valence-electron chi connectivity index (χ3n) is 2.36. The number of rotatable bonds is 3. The molecule has 0 saturated carbocycles. The predicted octanol–water partition coefficient (Wildman–Crippen LogP) is 2.69. The van der Waals surface area contributed by atoms with Crippen LogP contribution in [-0.2, 0) is 0 Å². The van der Waals surface area contributed by atoms with Gasteiger partial charge in [0.15, 0.2) is 0 Å². The average Bonchev–Trinajstić information content (AvgIpc) is 2.04. The van der Waals surface area contributed by atoms with Gasteiger partial charge in [-0.1, -0.05) is 23.9 Å². The fourth-order valence-electron chi connectivity index (χ4n) is 1.45. The maximum absolute atomic E-state index is 12.0. The second-order valence-electron chi connectivity index (χ2n) is 3.30. The molecule has 1 fully saturated rings. The highest BCUT2D eigenvalue weighted by atomic mass is 32.2. The van der Waals surface area contributed by atoms with Crippen molar-refractivity contribution < 1.29 is 8.78 Å². The van der Waals surface area contributed by atoms with E-state index in [9.17, 15) is 8.78 Å². The van der Waals surface area contributed by atoms with E-state index in [0.717, 1.165) is 13.1 Å². The minimum atomic E-state index is -2.33. The average molecular weight is 215 g/mol. The summed E-state index contributed by atoms with van der Waals surface area (Å²) < 4.78 is 24.0. The number of alkyl halides is 2. The van der Waals surface area contributed by atoms with Crippen LogP contribution in [0.25, 0.3) is 0 Å². The van der Waals surface area contributed by atoms with Crippen LogP contribution in [0.3, 0.4) is 0 Å². The Balaban J connectivity index is 2.02. The number of hydrogen-bond acceptors (Lipinski definition) is 2. The Labute approximate surface area is 85.9 Å². The van der Waals surface area contributed by atoms with Crippen LogP contribution in [0.15, 0.2) is 29.2 Å². The zero-order valence-electron chi connectivity index (χ0n) is 7.54. The highest BCUT2D eigenvalue weighted by molar-refractivity contribution is 7.99. The minimum Gasteiger partial charge on any atom is -0.315 e. The van der Waals surface area contributed by atoms with Crippen LogP contribution in [0.4, 0.5) is 8.78 Å². The van der Waals surface area contributed by atoms with Crippen molar-refractivity contribution in [2.75, 3.05) is 13.1 Å². The van der Waals surface area contributed by atoms with Crippen molar-refractivity contribution in [3.05, 3.63) is 29.8 Å². The van der Waals surface area contributed by atoms with E-state index >= 15 is 0 Å². The number of halogens is 2. The molecule has 14 heavy (non-hydrogen) atoms. The second-order valence-corrected chi connectivity index (χ2v) is 4.37. The fourth-order valence-corrected chi connectivity index (χ4v) is 1.94. The highest BCUT2D eigenvalue weighted by Gasteiger charge is 2.18. The van der Waals surface area contributed by atoms with E-state index in [2.05, 4.69) is 5.32 Å². The van der Waals surface area contributed by atoms with Crippen LogP contribution in [0.1, 0.15) is 11.5 Å². The Morgan fingerprint density at radius 2 is 1.86 bits per heavy atom. The Morgan fingerprint density at radius 3 is 2.29 bits per heavy atom. The van der Waals surface area contributed by atoms with Crippen molar-refractivity contribution >= 4 is 11.8 Å². The highest BCUT2D eigenvalue weighted by Crippen LogP contribution is 2.27.